The highest BCUT2D eigenvalue weighted by Gasteiger charge is 2.19. The van der Waals surface area contributed by atoms with Crippen molar-refractivity contribution in [2.24, 2.45) is 5.10 Å². The van der Waals surface area contributed by atoms with Gasteiger partial charge in [-0.3, -0.25) is 14.6 Å². The number of nitriles is 1. The summed E-state index contributed by atoms with van der Waals surface area (Å²) in [5, 5.41) is 22.9. The van der Waals surface area contributed by atoms with Crippen molar-refractivity contribution in [1.82, 2.24) is 15.2 Å². The first-order valence-corrected chi connectivity index (χ1v) is 10.4. The quantitative estimate of drug-likeness (QED) is 0.377. The van der Waals surface area contributed by atoms with Crippen LogP contribution in [0.3, 0.4) is 0 Å². The summed E-state index contributed by atoms with van der Waals surface area (Å²) >= 11 is 0. The lowest BCUT2D eigenvalue weighted by Gasteiger charge is -2.34. The molecule has 1 heterocycles. The SMILES string of the molecule is C=CCc1cc(F)cc(C=NNC(=O)CN2CCN(Cc3ccc(C#N)cc3)CC2)c1O. The lowest BCUT2D eigenvalue weighted by Crippen LogP contribution is -2.48. The van der Waals surface area contributed by atoms with Crippen LogP contribution in [0.5, 0.6) is 5.75 Å². The second kappa shape index (κ2) is 11.2. The van der Waals surface area contributed by atoms with E-state index >= 15 is 0 Å². The van der Waals surface area contributed by atoms with Crippen molar-refractivity contribution in [3.63, 3.8) is 0 Å². The van der Waals surface area contributed by atoms with Gasteiger partial charge in [-0.2, -0.15) is 10.4 Å². The molecule has 0 aromatic heterocycles. The van der Waals surface area contributed by atoms with Crippen molar-refractivity contribution >= 4 is 12.1 Å². The monoisotopic (exact) mass is 435 g/mol. The largest absolute Gasteiger partial charge is 0.507 e. The molecule has 1 aliphatic heterocycles. The molecule has 1 amide bonds. The maximum atomic E-state index is 13.7. The summed E-state index contributed by atoms with van der Waals surface area (Å²) in [6.07, 6.45) is 3.13. The summed E-state index contributed by atoms with van der Waals surface area (Å²) in [6.45, 7) is 7.77. The molecule has 0 spiro atoms. The number of hydrogen-bond acceptors (Lipinski definition) is 6. The Kier molecular flexibility index (Phi) is 8.08. The molecule has 2 aromatic carbocycles. The minimum Gasteiger partial charge on any atom is -0.507 e. The molecule has 0 atom stereocenters. The molecule has 3 rings (SSSR count). The fourth-order valence-corrected chi connectivity index (χ4v) is 3.55. The molecule has 0 aliphatic carbocycles. The van der Waals surface area contributed by atoms with Crippen LogP contribution in [0.2, 0.25) is 0 Å². The number of allylic oxidation sites excluding steroid dienone is 1. The number of hydrogen-bond donors (Lipinski definition) is 2. The first-order chi connectivity index (χ1) is 15.5. The highest BCUT2D eigenvalue weighted by atomic mass is 19.1. The zero-order valence-electron chi connectivity index (χ0n) is 17.8. The minimum atomic E-state index is -0.494. The van der Waals surface area contributed by atoms with E-state index in [9.17, 15) is 14.3 Å². The Morgan fingerprint density at radius 3 is 2.56 bits per heavy atom. The zero-order chi connectivity index (χ0) is 22.9. The van der Waals surface area contributed by atoms with E-state index in [1.54, 1.807) is 6.08 Å². The molecule has 2 N–H and O–H groups in total. The van der Waals surface area contributed by atoms with Crippen LogP contribution in [0.1, 0.15) is 22.3 Å². The smallest absolute Gasteiger partial charge is 0.254 e. The van der Waals surface area contributed by atoms with Gasteiger partial charge in [0, 0.05) is 43.9 Å². The van der Waals surface area contributed by atoms with Crippen molar-refractivity contribution in [2.75, 3.05) is 32.7 Å². The Balaban J connectivity index is 1.44. The summed E-state index contributed by atoms with van der Waals surface area (Å²) in [5.41, 5.74) is 4.84. The number of carbonyl (C=O) groups excluding carboxylic acids is 1. The van der Waals surface area contributed by atoms with Gasteiger partial charge in [0.15, 0.2) is 0 Å². The van der Waals surface area contributed by atoms with E-state index in [-0.39, 0.29) is 23.8 Å². The highest BCUT2D eigenvalue weighted by molar-refractivity contribution is 5.86. The number of carbonyl (C=O) groups is 1. The van der Waals surface area contributed by atoms with Crippen LogP contribution >= 0.6 is 0 Å². The molecule has 166 valence electrons. The molecular formula is C24H26FN5O2. The van der Waals surface area contributed by atoms with Crippen LogP contribution in [0, 0.1) is 17.1 Å². The van der Waals surface area contributed by atoms with Crippen molar-refractivity contribution in [3.05, 3.63) is 77.1 Å². The van der Waals surface area contributed by atoms with E-state index in [2.05, 4.69) is 28.1 Å². The van der Waals surface area contributed by atoms with Gasteiger partial charge in [-0.15, -0.1) is 6.58 Å². The van der Waals surface area contributed by atoms with Gasteiger partial charge in [-0.05, 0) is 36.2 Å². The van der Waals surface area contributed by atoms with Crippen molar-refractivity contribution in [2.45, 2.75) is 13.0 Å². The van der Waals surface area contributed by atoms with Crippen LogP contribution in [-0.2, 0) is 17.8 Å². The topological polar surface area (TPSA) is 92.0 Å². The fourth-order valence-electron chi connectivity index (χ4n) is 3.55. The molecule has 0 bridgehead atoms. The number of amides is 1. The van der Waals surface area contributed by atoms with Gasteiger partial charge in [-0.1, -0.05) is 18.2 Å². The Bertz CT molecular complexity index is 1020. The second-order valence-electron chi connectivity index (χ2n) is 7.65. The zero-order valence-corrected chi connectivity index (χ0v) is 17.8. The van der Waals surface area contributed by atoms with Crippen LogP contribution in [-0.4, -0.2) is 59.8 Å². The molecule has 0 unspecified atom stereocenters. The Morgan fingerprint density at radius 1 is 1.22 bits per heavy atom. The Hall–Kier alpha value is -3.54. The van der Waals surface area contributed by atoms with Crippen LogP contribution in [0.25, 0.3) is 0 Å². The van der Waals surface area contributed by atoms with E-state index in [0.717, 1.165) is 44.4 Å². The number of nitrogens with one attached hydrogen (secondary N) is 1. The molecular weight excluding hydrogens is 409 g/mol. The van der Waals surface area contributed by atoms with Gasteiger partial charge in [-0.25, -0.2) is 9.82 Å². The van der Waals surface area contributed by atoms with Crippen LogP contribution < -0.4 is 5.43 Å². The molecule has 2 aromatic rings. The number of hydrazone groups is 1. The molecule has 8 heteroatoms. The average molecular weight is 436 g/mol. The number of halogens is 1. The molecule has 0 saturated carbocycles. The van der Waals surface area contributed by atoms with Gasteiger partial charge in [0.25, 0.3) is 5.91 Å². The third kappa shape index (κ3) is 6.48. The number of benzene rings is 2. The van der Waals surface area contributed by atoms with E-state index in [1.165, 1.54) is 12.3 Å². The third-order valence-corrected chi connectivity index (χ3v) is 5.26. The second-order valence-corrected chi connectivity index (χ2v) is 7.65. The van der Waals surface area contributed by atoms with E-state index in [4.69, 9.17) is 5.26 Å². The molecule has 7 nitrogen and oxygen atoms in total. The summed E-state index contributed by atoms with van der Waals surface area (Å²) in [7, 11) is 0. The minimum absolute atomic E-state index is 0.0808. The molecule has 1 saturated heterocycles. The van der Waals surface area contributed by atoms with Gasteiger partial charge >= 0.3 is 0 Å². The normalized spacial score (nSPS) is 14.9. The summed E-state index contributed by atoms with van der Waals surface area (Å²) in [5.74, 6) is -0.849. The van der Waals surface area contributed by atoms with Gasteiger partial charge in [0.1, 0.15) is 11.6 Å². The maximum Gasteiger partial charge on any atom is 0.254 e. The predicted octanol–water partition coefficient (Wildman–Crippen LogP) is 2.40. The Labute approximate surface area is 187 Å². The standard InChI is InChI=1S/C24H26FN5O2/c1-2-3-20-12-22(25)13-21(24(20)32)15-27-28-23(31)17-30-10-8-29(9-11-30)16-19-6-4-18(14-26)5-7-19/h2,4-7,12-13,15,32H,1,3,8-11,16-17H2,(H,28,31). The molecule has 0 radical (unpaired) electrons. The van der Waals surface area contributed by atoms with E-state index in [1.807, 2.05) is 29.2 Å². The maximum absolute atomic E-state index is 13.7. The van der Waals surface area contributed by atoms with E-state index in [0.29, 0.717) is 17.5 Å². The lowest BCUT2D eigenvalue weighted by atomic mass is 10.1. The van der Waals surface area contributed by atoms with Crippen LogP contribution in [0.15, 0.2) is 54.2 Å². The fraction of sp³-hybridized carbons (Fsp3) is 0.292. The molecule has 32 heavy (non-hydrogen) atoms. The molecule has 1 fully saturated rings. The van der Waals surface area contributed by atoms with Crippen LogP contribution in [0.4, 0.5) is 4.39 Å². The summed E-state index contributed by atoms with van der Waals surface area (Å²) < 4.78 is 13.7. The summed E-state index contributed by atoms with van der Waals surface area (Å²) in [6, 6.07) is 12.1. The Morgan fingerprint density at radius 2 is 1.91 bits per heavy atom. The predicted molar refractivity (Wildman–Crippen MR) is 121 cm³/mol. The molecule has 1 aliphatic rings. The summed E-state index contributed by atoms with van der Waals surface area (Å²) in [4.78, 5) is 16.6. The number of aromatic hydroxyl groups is 1. The first kappa shape index (κ1) is 23.1. The highest BCUT2D eigenvalue weighted by Crippen LogP contribution is 2.23. The number of phenols is 1. The number of phenolic OH excluding ortho intramolecular Hbond substituents is 1. The van der Waals surface area contributed by atoms with Gasteiger partial charge < -0.3 is 5.11 Å². The van der Waals surface area contributed by atoms with Gasteiger partial charge in [0.05, 0.1) is 24.4 Å². The third-order valence-electron chi connectivity index (χ3n) is 5.26. The number of piperazine rings is 1. The van der Waals surface area contributed by atoms with Crippen molar-refractivity contribution < 1.29 is 14.3 Å². The number of nitrogens with zero attached hydrogens (tertiary/aromatic N) is 4. The van der Waals surface area contributed by atoms with Crippen molar-refractivity contribution in [3.8, 4) is 11.8 Å². The number of rotatable bonds is 8. The first-order valence-electron chi connectivity index (χ1n) is 10.4. The lowest BCUT2D eigenvalue weighted by molar-refractivity contribution is -0.122. The van der Waals surface area contributed by atoms with E-state index < -0.39 is 5.82 Å². The van der Waals surface area contributed by atoms with Gasteiger partial charge in [0.2, 0.25) is 0 Å². The average Bonchev–Trinajstić information content (AvgIpc) is 2.79. The van der Waals surface area contributed by atoms with Crippen molar-refractivity contribution in [1.29, 1.82) is 5.26 Å².